The second-order valence-corrected chi connectivity index (χ2v) is 23.4. The van der Waals surface area contributed by atoms with E-state index in [1.54, 1.807) is 24.3 Å². The van der Waals surface area contributed by atoms with Crippen molar-refractivity contribution in [3.8, 4) is 56.0 Å². The van der Waals surface area contributed by atoms with E-state index in [0.717, 1.165) is 45.0 Å². The van der Waals surface area contributed by atoms with Crippen LogP contribution in [0.15, 0.2) is 182 Å². The van der Waals surface area contributed by atoms with Gasteiger partial charge < -0.3 is 30.2 Å². The largest absolute Gasteiger partial charge is 0.851 e. The van der Waals surface area contributed by atoms with Gasteiger partial charge in [-0.1, -0.05) is 131 Å². The molecule has 82 heavy (non-hydrogen) atoms. The maximum Gasteiger partial charge on any atom is 0.121 e. The summed E-state index contributed by atoms with van der Waals surface area (Å²) in [6.45, 7) is 25.7. The van der Waals surface area contributed by atoms with Gasteiger partial charge in [-0.05, 0) is 256 Å². The maximum atomic E-state index is 14.5. The summed E-state index contributed by atoms with van der Waals surface area (Å²) in [5, 5.41) is 52.9. The van der Waals surface area contributed by atoms with E-state index in [1.165, 1.54) is 89.0 Å². The molecule has 0 spiro atoms. The van der Waals surface area contributed by atoms with Crippen LogP contribution in [0.25, 0.3) is 44.5 Å². The molecule has 0 radical (unpaired) electrons. The van der Waals surface area contributed by atoms with E-state index < -0.39 is 24.0 Å². The summed E-state index contributed by atoms with van der Waals surface area (Å²) in [6, 6.07) is 62.2. The number of phenols is 2. The van der Waals surface area contributed by atoms with Crippen LogP contribution in [0, 0.1) is 83.1 Å². The highest BCUT2D eigenvalue weighted by Gasteiger charge is 2.41. The van der Waals surface area contributed by atoms with E-state index in [4.69, 9.17) is 0 Å². The fourth-order valence-corrected chi connectivity index (χ4v) is 13.8. The van der Waals surface area contributed by atoms with Crippen molar-refractivity contribution in [1.82, 2.24) is 0 Å². The Morgan fingerprint density at radius 2 is 0.463 bits per heavy atom. The Morgan fingerprint density at radius 1 is 0.268 bits per heavy atom. The van der Waals surface area contributed by atoms with Crippen LogP contribution in [0.3, 0.4) is 0 Å². The molecule has 0 aliphatic heterocycles. The molecule has 0 heterocycles. The topological polar surface area (TPSA) is 93.1 Å². The lowest BCUT2D eigenvalue weighted by atomic mass is 9.63. The van der Waals surface area contributed by atoms with E-state index in [1.807, 2.05) is 12.1 Å². The summed E-state index contributed by atoms with van der Waals surface area (Å²) in [5.41, 5.74) is 29.4. The average Bonchev–Trinajstić information content (AvgIpc) is 2.23. The SMILES string of the molecule is Cc1cc(C)c(-c2ccc(N(c3ccc(-c4c(C)cc(C)cc4C)cc3)c3ccc(C4C([O-])C(c5ccc(N(c6ccc(-c7c(C)cc(C)cc7C)cc6)c6ccc(-c7c(C)cc(C)cc7C)cc6)cc5O)C4[O-])c(O)c3)cc2)c(C)c1. The molecule has 6 nitrogen and oxygen atoms in total. The monoisotopic (exact) mass is 1080 g/mol. The molecule has 11 rings (SSSR count). The smallest absolute Gasteiger partial charge is 0.121 e. The molecule has 1 aliphatic carbocycles. The molecule has 0 saturated heterocycles. The molecule has 2 N–H and O–H groups in total. The second kappa shape index (κ2) is 22.0. The zero-order valence-electron chi connectivity index (χ0n) is 49.2. The minimum Gasteiger partial charge on any atom is -0.851 e. The highest BCUT2D eigenvalue weighted by Crippen LogP contribution is 2.52. The van der Waals surface area contributed by atoms with E-state index in [2.05, 4.69) is 238 Å². The Labute approximate surface area is 484 Å². The Morgan fingerprint density at radius 3 is 0.659 bits per heavy atom. The van der Waals surface area contributed by atoms with Gasteiger partial charge in [0.25, 0.3) is 0 Å². The van der Waals surface area contributed by atoms with Crippen molar-refractivity contribution in [1.29, 1.82) is 0 Å². The molecule has 0 bridgehead atoms. The van der Waals surface area contributed by atoms with Crippen LogP contribution in [0.5, 0.6) is 11.5 Å². The maximum absolute atomic E-state index is 14.5. The summed E-state index contributed by atoms with van der Waals surface area (Å²) >= 11 is 0. The molecule has 6 heteroatoms. The Hall–Kier alpha value is -8.68. The normalized spacial score (nSPS) is 15.8. The van der Waals surface area contributed by atoms with Crippen molar-refractivity contribution in [3.05, 3.63) is 260 Å². The molecule has 1 saturated carbocycles. The zero-order chi connectivity index (χ0) is 58.0. The summed E-state index contributed by atoms with van der Waals surface area (Å²) in [4.78, 5) is 4.19. The van der Waals surface area contributed by atoms with Gasteiger partial charge in [0.2, 0.25) is 0 Å². The van der Waals surface area contributed by atoms with Gasteiger partial charge >= 0.3 is 0 Å². The molecule has 0 unspecified atom stereocenters. The third-order valence-corrected chi connectivity index (χ3v) is 17.0. The van der Waals surface area contributed by atoms with Crippen LogP contribution in [0.2, 0.25) is 0 Å². The van der Waals surface area contributed by atoms with Crippen molar-refractivity contribution < 1.29 is 20.4 Å². The quantitative estimate of drug-likeness (QED) is 0.127. The highest BCUT2D eigenvalue weighted by molar-refractivity contribution is 5.85. The number of anilines is 6. The summed E-state index contributed by atoms with van der Waals surface area (Å²) in [7, 11) is 0. The van der Waals surface area contributed by atoms with Crippen molar-refractivity contribution in [2.75, 3.05) is 9.80 Å². The van der Waals surface area contributed by atoms with E-state index in [0.29, 0.717) is 22.5 Å². The number of nitrogens with zero attached hydrogens (tertiary/aromatic N) is 2. The third-order valence-electron chi connectivity index (χ3n) is 17.0. The van der Waals surface area contributed by atoms with Crippen LogP contribution in [0.4, 0.5) is 34.1 Å². The van der Waals surface area contributed by atoms with E-state index in [9.17, 15) is 20.4 Å². The van der Waals surface area contributed by atoms with Crippen LogP contribution in [0.1, 0.15) is 89.7 Å². The Balaban J connectivity index is 0.901. The fourth-order valence-electron chi connectivity index (χ4n) is 13.8. The Kier molecular flexibility index (Phi) is 14.8. The molecule has 1 aliphatic rings. The van der Waals surface area contributed by atoms with E-state index in [-0.39, 0.29) is 11.5 Å². The van der Waals surface area contributed by atoms with Crippen molar-refractivity contribution in [3.63, 3.8) is 0 Å². The standard InChI is InChI=1S/C76H72N2O4/c1-43-33-47(5)69(48(6)34-43)55-13-21-59(22-14-55)77(60-23-15-56(16-24-60)70-49(7)35-44(2)36-50(70)8)63-29-31-65(67(79)41-63)73-75(81)74(76(73)82)66-32-30-64(42-68(66)80)78(61-25-17-57(18-26-61)71-51(9)37-45(3)38-52(71)10)62-27-19-58(20-28-62)72-53(11)39-46(4)40-54(72)12/h13-42,73-76,79-80H,1-12H3/q-2. The molecule has 0 atom stereocenters. The van der Waals surface area contributed by atoms with Gasteiger partial charge in [0.1, 0.15) is 11.5 Å². The van der Waals surface area contributed by atoms with Crippen molar-refractivity contribution in [2.24, 2.45) is 0 Å². The molecular weight excluding hydrogens is 1000 g/mol. The lowest BCUT2D eigenvalue weighted by Crippen LogP contribution is -2.63. The lowest BCUT2D eigenvalue weighted by molar-refractivity contribution is -0.536. The van der Waals surface area contributed by atoms with Crippen molar-refractivity contribution in [2.45, 2.75) is 107 Å². The number of phenolic OH excluding ortho intramolecular Hbond substituents is 2. The number of aryl methyl sites for hydroxylation is 12. The fraction of sp³-hybridized carbons (Fsp3) is 0.211. The van der Waals surface area contributed by atoms with Crippen LogP contribution in [-0.4, -0.2) is 22.4 Å². The first-order chi connectivity index (χ1) is 39.2. The second-order valence-electron chi connectivity index (χ2n) is 23.4. The van der Waals surface area contributed by atoms with Crippen LogP contribution < -0.4 is 20.0 Å². The van der Waals surface area contributed by atoms with Crippen LogP contribution in [-0.2, 0) is 0 Å². The molecule has 412 valence electrons. The van der Waals surface area contributed by atoms with Gasteiger partial charge in [0.05, 0.1) is 0 Å². The molecule has 0 amide bonds. The van der Waals surface area contributed by atoms with Gasteiger partial charge in [0.15, 0.2) is 0 Å². The lowest BCUT2D eigenvalue weighted by Gasteiger charge is -2.61. The molecular formula is C76H72N2O4-2. The third kappa shape index (κ3) is 10.3. The van der Waals surface area contributed by atoms with Gasteiger partial charge in [-0.15, -0.1) is 12.2 Å². The molecule has 10 aromatic carbocycles. The van der Waals surface area contributed by atoms with Gasteiger partial charge in [0, 0.05) is 46.3 Å². The van der Waals surface area contributed by atoms with Gasteiger partial charge in [-0.3, -0.25) is 0 Å². The number of hydrogen-bond donors (Lipinski definition) is 2. The molecule has 0 aromatic heterocycles. The average molecular weight is 1080 g/mol. The van der Waals surface area contributed by atoms with Crippen molar-refractivity contribution >= 4 is 34.1 Å². The zero-order valence-corrected chi connectivity index (χ0v) is 49.2. The summed E-state index contributed by atoms with van der Waals surface area (Å²) < 4.78 is 0. The van der Waals surface area contributed by atoms with Crippen LogP contribution >= 0.6 is 0 Å². The van der Waals surface area contributed by atoms with Gasteiger partial charge in [-0.25, -0.2) is 0 Å². The summed E-state index contributed by atoms with van der Waals surface area (Å²) in [5.74, 6) is -2.29. The predicted octanol–water partition coefficient (Wildman–Crippen LogP) is 17.7. The minimum absolute atomic E-state index is 0.120. The molecule has 1 fully saturated rings. The number of rotatable bonds is 12. The highest BCUT2D eigenvalue weighted by atomic mass is 16.3. The first-order valence-corrected chi connectivity index (χ1v) is 28.6. The number of aromatic hydroxyl groups is 2. The minimum atomic E-state index is -1.41. The number of benzene rings is 10. The Bertz CT molecular complexity index is 3500. The summed E-state index contributed by atoms with van der Waals surface area (Å²) in [6.07, 6.45) is -2.82. The predicted molar refractivity (Wildman–Crippen MR) is 337 cm³/mol. The number of hydrogen-bond acceptors (Lipinski definition) is 6. The first-order valence-electron chi connectivity index (χ1n) is 28.6. The first kappa shape index (κ1) is 55.2. The molecule has 10 aromatic rings. The van der Waals surface area contributed by atoms with Gasteiger partial charge in [-0.2, -0.15) is 0 Å². The van der Waals surface area contributed by atoms with E-state index >= 15 is 0 Å².